The van der Waals surface area contributed by atoms with Crippen molar-refractivity contribution in [1.29, 1.82) is 5.26 Å². The molecule has 0 saturated carbocycles. The van der Waals surface area contributed by atoms with Crippen molar-refractivity contribution in [2.24, 2.45) is 5.41 Å². The van der Waals surface area contributed by atoms with E-state index in [2.05, 4.69) is 16.0 Å². The second kappa shape index (κ2) is 9.46. The largest absolute Gasteiger partial charge is 0.438 e. The van der Waals surface area contributed by atoms with Crippen molar-refractivity contribution in [3.63, 3.8) is 0 Å². The molecule has 1 aliphatic heterocycles. The molecule has 0 bridgehead atoms. The van der Waals surface area contributed by atoms with Crippen LogP contribution in [-0.4, -0.2) is 27.5 Å². The molecule has 0 unspecified atom stereocenters. The molecule has 1 aromatic heterocycles. The molecule has 35 heavy (non-hydrogen) atoms. The number of hydrogen-bond donors (Lipinski definition) is 0. The number of cyclic esters (lactones) is 1. The standard InChI is InChI=1S/C28H29FN4O2/c1-19(21-5-7-22(8-6-21)25-13-15-31-20(2)32-25)33-16-14-28(35-26(33)34,17-27(3,4)18-30)23-9-11-24(29)12-10-23/h5-13,15,19H,14,16-17H2,1-4H3/t19-,28+/m0/s1. The number of ether oxygens (including phenoxy) is 1. The normalized spacial score (nSPS) is 19.1. The number of nitrogens with zero attached hydrogens (tertiary/aromatic N) is 4. The zero-order valence-electron chi connectivity index (χ0n) is 20.5. The molecule has 1 saturated heterocycles. The van der Waals surface area contributed by atoms with Gasteiger partial charge in [0.1, 0.15) is 17.2 Å². The van der Waals surface area contributed by atoms with Crippen LogP contribution in [0.1, 0.15) is 56.6 Å². The number of rotatable bonds is 6. The van der Waals surface area contributed by atoms with E-state index >= 15 is 0 Å². The van der Waals surface area contributed by atoms with Gasteiger partial charge in [0.25, 0.3) is 0 Å². The highest BCUT2D eigenvalue weighted by molar-refractivity contribution is 5.70. The van der Waals surface area contributed by atoms with Gasteiger partial charge in [0.2, 0.25) is 0 Å². The summed E-state index contributed by atoms with van der Waals surface area (Å²) in [6, 6.07) is 17.9. The first kappa shape index (κ1) is 24.3. The van der Waals surface area contributed by atoms with Crippen LogP contribution in [0.4, 0.5) is 9.18 Å². The monoisotopic (exact) mass is 472 g/mol. The molecule has 0 spiro atoms. The average Bonchev–Trinajstić information content (AvgIpc) is 2.84. The lowest BCUT2D eigenvalue weighted by molar-refractivity contribution is -0.0770. The molecule has 7 heteroatoms. The van der Waals surface area contributed by atoms with Gasteiger partial charge in [-0.2, -0.15) is 5.26 Å². The molecule has 0 N–H and O–H groups in total. The summed E-state index contributed by atoms with van der Waals surface area (Å²) in [5.74, 6) is 0.349. The number of benzene rings is 2. The lowest BCUT2D eigenvalue weighted by atomic mass is 9.75. The van der Waals surface area contributed by atoms with E-state index in [4.69, 9.17) is 4.74 Å². The van der Waals surface area contributed by atoms with Gasteiger partial charge in [-0.15, -0.1) is 0 Å². The van der Waals surface area contributed by atoms with Crippen molar-refractivity contribution in [1.82, 2.24) is 14.9 Å². The Morgan fingerprint density at radius 1 is 1.17 bits per heavy atom. The summed E-state index contributed by atoms with van der Waals surface area (Å²) >= 11 is 0. The Kier molecular flexibility index (Phi) is 6.58. The number of halogens is 1. The van der Waals surface area contributed by atoms with E-state index in [1.165, 1.54) is 12.1 Å². The molecule has 3 aromatic rings. The van der Waals surface area contributed by atoms with Crippen molar-refractivity contribution >= 4 is 6.09 Å². The molecule has 1 fully saturated rings. The summed E-state index contributed by atoms with van der Waals surface area (Å²) in [6.45, 7) is 7.91. The second-order valence-corrected chi connectivity index (χ2v) is 9.77. The van der Waals surface area contributed by atoms with E-state index in [1.54, 1.807) is 23.2 Å². The Balaban J connectivity index is 1.56. The van der Waals surface area contributed by atoms with Crippen molar-refractivity contribution in [3.05, 3.63) is 83.6 Å². The first-order chi connectivity index (χ1) is 16.6. The first-order valence-electron chi connectivity index (χ1n) is 11.7. The van der Waals surface area contributed by atoms with Crippen LogP contribution in [0, 0.1) is 29.5 Å². The zero-order chi connectivity index (χ0) is 25.2. The lowest BCUT2D eigenvalue weighted by Crippen LogP contribution is -2.50. The van der Waals surface area contributed by atoms with E-state index in [0.29, 0.717) is 30.8 Å². The second-order valence-electron chi connectivity index (χ2n) is 9.77. The summed E-state index contributed by atoms with van der Waals surface area (Å²) < 4.78 is 19.7. The van der Waals surface area contributed by atoms with Crippen molar-refractivity contribution < 1.29 is 13.9 Å². The van der Waals surface area contributed by atoms with Crippen molar-refractivity contribution in [2.45, 2.75) is 52.2 Å². The lowest BCUT2D eigenvalue weighted by Gasteiger charge is -2.45. The van der Waals surface area contributed by atoms with Gasteiger partial charge in [-0.05, 0) is 57.0 Å². The minimum Gasteiger partial charge on any atom is -0.438 e. The van der Waals surface area contributed by atoms with Gasteiger partial charge in [0, 0.05) is 31.1 Å². The Labute approximate surface area is 205 Å². The number of carbonyl (C=O) groups is 1. The molecule has 180 valence electrons. The number of nitriles is 1. The summed E-state index contributed by atoms with van der Waals surface area (Å²) in [5.41, 5.74) is 1.78. The SMILES string of the molecule is Cc1nccc(-c2ccc([C@H](C)N3CC[C@@](CC(C)(C)C#N)(c4ccc(F)cc4)OC3=O)cc2)n1. The average molecular weight is 473 g/mol. The first-order valence-corrected chi connectivity index (χ1v) is 11.7. The summed E-state index contributed by atoms with van der Waals surface area (Å²) in [6.07, 6.45) is 2.11. The molecule has 1 amide bonds. The molecule has 0 aliphatic carbocycles. The van der Waals surface area contributed by atoms with E-state index in [9.17, 15) is 14.4 Å². The number of hydrogen-bond acceptors (Lipinski definition) is 5. The van der Waals surface area contributed by atoms with Gasteiger partial charge >= 0.3 is 6.09 Å². The van der Waals surface area contributed by atoms with Gasteiger partial charge in [-0.1, -0.05) is 36.4 Å². The number of amides is 1. The molecule has 2 aromatic carbocycles. The Morgan fingerprint density at radius 2 is 1.86 bits per heavy atom. The van der Waals surface area contributed by atoms with Crippen LogP contribution in [0.5, 0.6) is 0 Å². The Hall–Kier alpha value is -3.79. The number of aryl methyl sites for hydroxylation is 1. The summed E-state index contributed by atoms with van der Waals surface area (Å²) in [5, 5.41) is 9.64. The van der Waals surface area contributed by atoms with Gasteiger partial charge in [0.05, 0.1) is 23.2 Å². The van der Waals surface area contributed by atoms with Crippen LogP contribution in [0.3, 0.4) is 0 Å². The van der Waals surface area contributed by atoms with Crippen LogP contribution in [0.2, 0.25) is 0 Å². The zero-order valence-corrected chi connectivity index (χ0v) is 20.5. The quantitative estimate of drug-likeness (QED) is 0.419. The van der Waals surface area contributed by atoms with Gasteiger partial charge in [-0.25, -0.2) is 19.2 Å². The summed E-state index contributed by atoms with van der Waals surface area (Å²) in [4.78, 5) is 23.6. The van der Waals surface area contributed by atoms with E-state index in [1.807, 2.05) is 58.0 Å². The fourth-order valence-electron chi connectivity index (χ4n) is 4.69. The van der Waals surface area contributed by atoms with E-state index in [-0.39, 0.29) is 11.9 Å². The fourth-order valence-corrected chi connectivity index (χ4v) is 4.69. The third-order valence-electron chi connectivity index (χ3n) is 6.61. The minimum absolute atomic E-state index is 0.209. The topological polar surface area (TPSA) is 79.1 Å². The van der Waals surface area contributed by atoms with Crippen molar-refractivity contribution in [2.75, 3.05) is 6.54 Å². The molecule has 6 nitrogen and oxygen atoms in total. The smallest absolute Gasteiger partial charge is 0.411 e. The fraction of sp³-hybridized carbons (Fsp3) is 0.357. The van der Waals surface area contributed by atoms with Crippen LogP contribution in [0.25, 0.3) is 11.3 Å². The van der Waals surface area contributed by atoms with Crippen LogP contribution in [0.15, 0.2) is 60.8 Å². The van der Waals surface area contributed by atoms with E-state index < -0.39 is 17.1 Å². The van der Waals surface area contributed by atoms with Crippen molar-refractivity contribution in [3.8, 4) is 17.3 Å². The highest BCUT2D eigenvalue weighted by Crippen LogP contribution is 2.44. The van der Waals surface area contributed by atoms with Gasteiger partial charge in [-0.3, -0.25) is 0 Å². The Morgan fingerprint density at radius 3 is 2.46 bits per heavy atom. The molecule has 0 radical (unpaired) electrons. The van der Waals surface area contributed by atoms with E-state index in [0.717, 1.165) is 16.8 Å². The predicted molar refractivity (Wildman–Crippen MR) is 131 cm³/mol. The molecule has 2 atom stereocenters. The number of carbonyl (C=O) groups excluding carboxylic acids is 1. The highest BCUT2D eigenvalue weighted by Gasteiger charge is 2.46. The number of aromatic nitrogens is 2. The third kappa shape index (κ3) is 5.17. The third-order valence-corrected chi connectivity index (χ3v) is 6.61. The highest BCUT2D eigenvalue weighted by atomic mass is 19.1. The van der Waals surface area contributed by atoms with Crippen LogP contribution < -0.4 is 0 Å². The molecule has 2 heterocycles. The van der Waals surface area contributed by atoms with Crippen LogP contribution in [-0.2, 0) is 10.3 Å². The van der Waals surface area contributed by atoms with Crippen LogP contribution >= 0.6 is 0 Å². The maximum Gasteiger partial charge on any atom is 0.411 e. The maximum atomic E-state index is 13.6. The maximum absolute atomic E-state index is 13.6. The molecular formula is C28H29FN4O2. The molecular weight excluding hydrogens is 443 g/mol. The Bertz CT molecular complexity index is 1250. The molecule has 4 rings (SSSR count). The summed E-state index contributed by atoms with van der Waals surface area (Å²) in [7, 11) is 0. The molecule has 1 aliphatic rings. The van der Waals surface area contributed by atoms with Gasteiger partial charge in [0.15, 0.2) is 0 Å². The predicted octanol–water partition coefficient (Wildman–Crippen LogP) is 6.33. The minimum atomic E-state index is -0.991. The van der Waals surface area contributed by atoms with Gasteiger partial charge < -0.3 is 9.64 Å².